The van der Waals surface area contributed by atoms with E-state index in [2.05, 4.69) is 41.5 Å². The van der Waals surface area contributed by atoms with Crippen LogP contribution >= 0.6 is 15.6 Å². The van der Waals surface area contributed by atoms with Gasteiger partial charge in [0, 0.05) is 25.7 Å². The van der Waals surface area contributed by atoms with Crippen LogP contribution in [0, 0.1) is 11.8 Å². The molecule has 0 aliphatic rings. The Labute approximate surface area is 645 Å². The van der Waals surface area contributed by atoms with Gasteiger partial charge in [0.2, 0.25) is 0 Å². The first-order valence-electron chi connectivity index (χ1n) is 44.5. The van der Waals surface area contributed by atoms with Crippen molar-refractivity contribution in [1.82, 2.24) is 0 Å². The summed E-state index contributed by atoms with van der Waals surface area (Å²) in [5, 5.41) is 10.7. The molecule has 2 unspecified atom stereocenters. The molecular formula is C86H168O17P2. The molecule has 3 N–H and O–H groups in total. The second-order valence-electron chi connectivity index (χ2n) is 31.9. The van der Waals surface area contributed by atoms with E-state index in [0.29, 0.717) is 31.6 Å². The average molecular weight is 1540 g/mol. The smallest absolute Gasteiger partial charge is 0.462 e. The Morgan fingerprint density at radius 1 is 0.257 bits per heavy atom. The van der Waals surface area contributed by atoms with Crippen LogP contribution in [0.2, 0.25) is 0 Å². The van der Waals surface area contributed by atoms with Gasteiger partial charge >= 0.3 is 39.5 Å². The number of hydrogen-bond acceptors (Lipinski definition) is 15. The Balaban J connectivity index is 5.20. The zero-order valence-corrected chi connectivity index (χ0v) is 70.8. The molecule has 0 radical (unpaired) electrons. The highest BCUT2D eigenvalue weighted by atomic mass is 31.2. The lowest BCUT2D eigenvalue weighted by Gasteiger charge is -2.21. The Hall–Kier alpha value is -1.94. The molecule has 0 rings (SSSR count). The Bertz CT molecular complexity index is 2010. The van der Waals surface area contributed by atoms with Crippen LogP contribution in [0.3, 0.4) is 0 Å². The van der Waals surface area contributed by atoms with Crippen molar-refractivity contribution in [3.8, 4) is 0 Å². The van der Waals surface area contributed by atoms with Crippen LogP contribution in [0.15, 0.2) is 0 Å². The molecular weight excluding hydrogens is 1370 g/mol. The van der Waals surface area contributed by atoms with Crippen molar-refractivity contribution in [2.24, 2.45) is 11.8 Å². The number of aliphatic hydroxyl groups excluding tert-OH is 1. The maximum Gasteiger partial charge on any atom is 0.472 e. The minimum absolute atomic E-state index is 0.107. The molecule has 0 heterocycles. The summed E-state index contributed by atoms with van der Waals surface area (Å²) in [5.74, 6) is -0.605. The van der Waals surface area contributed by atoms with Crippen LogP contribution < -0.4 is 0 Å². The number of aliphatic hydroxyl groups is 1. The summed E-state index contributed by atoms with van der Waals surface area (Å²) in [4.78, 5) is 73.1. The lowest BCUT2D eigenvalue weighted by atomic mass is 10.0. The third kappa shape index (κ3) is 79.9. The van der Waals surface area contributed by atoms with E-state index >= 15 is 0 Å². The molecule has 0 aromatic carbocycles. The van der Waals surface area contributed by atoms with Gasteiger partial charge in [0.05, 0.1) is 26.4 Å². The summed E-state index contributed by atoms with van der Waals surface area (Å²) in [7, 11) is -9.93. The number of unbranched alkanes of at least 4 members (excludes halogenated alkanes) is 55. The number of carbonyl (C=O) groups is 4. The SMILES string of the molecule is CCCCCCCCCCCCCCCCCCCCCCC(=O)OC[C@H](COP(=O)(O)OC[C@@H](O)COP(=O)(O)OC[C@@H](COC(=O)CCCCCCCCC(C)C)OC(=O)CCCCCCCCCCCCCCCCC)OC(=O)CCCCCCCCCCCCCCCCCCCCC(C)C. The molecule has 0 aromatic heterocycles. The summed E-state index contributed by atoms with van der Waals surface area (Å²) in [6.07, 6.45) is 69.7. The fourth-order valence-corrected chi connectivity index (χ4v) is 15.0. The van der Waals surface area contributed by atoms with E-state index < -0.39 is 97.5 Å². The maximum atomic E-state index is 13.1. The normalized spacial score (nSPS) is 13.8. The third-order valence-corrected chi connectivity index (χ3v) is 22.1. The number of carbonyl (C=O) groups excluding carboxylic acids is 4. The molecule has 0 fully saturated rings. The van der Waals surface area contributed by atoms with Gasteiger partial charge < -0.3 is 33.8 Å². The molecule has 0 aliphatic carbocycles. The van der Waals surface area contributed by atoms with Gasteiger partial charge in [-0.1, -0.05) is 408 Å². The van der Waals surface area contributed by atoms with Gasteiger partial charge in [-0.05, 0) is 37.5 Å². The third-order valence-electron chi connectivity index (χ3n) is 20.2. The summed E-state index contributed by atoms with van der Waals surface area (Å²) in [6.45, 7) is 9.62. The average Bonchev–Trinajstić information content (AvgIpc) is 0.930. The van der Waals surface area contributed by atoms with Crippen molar-refractivity contribution < 1.29 is 80.2 Å². The van der Waals surface area contributed by atoms with E-state index in [-0.39, 0.29) is 25.7 Å². The Kier molecular flexibility index (Phi) is 76.0. The fourth-order valence-electron chi connectivity index (χ4n) is 13.4. The highest BCUT2D eigenvalue weighted by Crippen LogP contribution is 2.45. The molecule has 0 aromatic rings. The molecule has 0 saturated heterocycles. The molecule has 5 atom stereocenters. The molecule has 0 spiro atoms. The van der Waals surface area contributed by atoms with Crippen molar-refractivity contribution in [2.75, 3.05) is 39.6 Å². The van der Waals surface area contributed by atoms with E-state index in [4.69, 9.17) is 37.0 Å². The first kappa shape index (κ1) is 103. The second-order valence-corrected chi connectivity index (χ2v) is 34.8. The number of ether oxygens (including phenoxy) is 4. The van der Waals surface area contributed by atoms with Crippen molar-refractivity contribution >= 4 is 39.5 Å². The summed E-state index contributed by atoms with van der Waals surface area (Å²) in [5.41, 5.74) is 0. The minimum atomic E-state index is -4.97. The molecule has 0 amide bonds. The van der Waals surface area contributed by atoms with Gasteiger partial charge in [-0.3, -0.25) is 37.3 Å². The van der Waals surface area contributed by atoms with E-state index in [1.807, 2.05) is 0 Å². The maximum absolute atomic E-state index is 13.1. The lowest BCUT2D eigenvalue weighted by Crippen LogP contribution is -2.30. The van der Waals surface area contributed by atoms with E-state index in [9.17, 15) is 43.2 Å². The fraction of sp³-hybridized carbons (Fsp3) is 0.953. The highest BCUT2D eigenvalue weighted by molar-refractivity contribution is 7.47. The van der Waals surface area contributed by atoms with Gasteiger partial charge in [-0.2, -0.15) is 0 Å². The first-order chi connectivity index (χ1) is 50.9. The van der Waals surface area contributed by atoms with Gasteiger partial charge in [-0.25, -0.2) is 9.13 Å². The van der Waals surface area contributed by atoms with Gasteiger partial charge in [-0.15, -0.1) is 0 Å². The molecule has 0 bridgehead atoms. The van der Waals surface area contributed by atoms with Gasteiger partial charge in [0.15, 0.2) is 12.2 Å². The number of rotatable bonds is 85. The predicted octanol–water partition coefficient (Wildman–Crippen LogP) is 26.2. The summed E-state index contributed by atoms with van der Waals surface area (Å²) < 4.78 is 68.8. The molecule has 0 saturated carbocycles. The van der Waals surface area contributed by atoms with Crippen LogP contribution in [-0.2, 0) is 65.4 Å². The molecule has 624 valence electrons. The van der Waals surface area contributed by atoms with Gasteiger partial charge in [0.25, 0.3) is 0 Å². The van der Waals surface area contributed by atoms with Crippen LogP contribution in [0.25, 0.3) is 0 Å². The Morgan fingerprint density at radius 3 is 0.648 bits per heavy atom. The number of esters is 4. The standard InChI is InChI=1S/C86H168O17P2/c1-7-9-11-13-15-17-19-21-23-24-25-26-30-34-37-41-45-49-56-62-68-83(88)96-74-81(102-85(90)70-65-59-51-47-43-39-35-31-28-27-29-33-36-40-44-48-54-60-66-78(3)4)76-100-104(92,93)98-72-80(87)73-99-105(94,95)101-77-82(75-97-84(89)69-63-57-53-52-55-61-67-79(5)6)103-86(91)71-64-58-50-46-42-38-32-22-20-18-16-14-12-10-8-2/h78-82,87H,7-77H2,1-6H3,(H,92,93)(H,94,95)/t80-,81-,82-/m1/s1. The zero-order chi connectivity index (χ0) is 77.1. The van der Waals surface area contributed by atoms with E-state index in [1.165, 1.54) is 270 Å². The summed E-state index contributed by atoms with van der Waals surface area (Å²) >= 11 is 0. The Morgan fingerprint density at radius 2 is 0.438 bits per heavy atom. The molecule has 19 heteroatoms. The lowest BCUT2D eigenvalue weighted by molar-refractivity contribution is -0.161. The number of phosphoric acid groups is 2. The number of hydrogen-bond donors (Lipinski definition) is 3. The minimum Gasteiger partial charge on any atom is -0.462 e. The van der Waals surface area contributed by atoms with E-state index in [1.54, 1.807) is 0 Å². The molecule has 105 heavy (non-hydrogen) atoms. The summed E-state index contributed by atoms with van der Waals surface area (Å²) in [6, 6.07) is 0. The van der Waals surface area contributed by atoms with Crippen molar-refractivity contribution in [3.63, 3.8) is 0 Å². The largest absolute Gasteiger partial charge is 0.472 e. The monoisotopic (exact) mass is 1540 g/mol. The quantitative estimate of drug-likeness (QED) is 0.0222. The number of phosphoric ester groups is 2. The molecule has 0 aliphatic heterocycles. The van der Waals surface area contributed by atoms with Crippen LogP contribution in [0.4, 0.5) is 0 Å². The van der Waals surface area contributed by atoms with Crippen LogP contribution in [-0.4, -0.2) is 96.7 Å². The molecule has 17 nitrogen and oxygen atoms in total. The zero-order valence-electron chi connectivity index (χ0n) is 69.0. The van der Waals surface area contributed by atoms with Gasteiger partial charge in [0.1, 0.15) is 19.3 Å². The predicted molar refractivity (Wildman–Crippen MR) is 432 cm³/mol. The second kappa shape index (κ2) is 77.4. The van der Waals surface area contributed by atoms with Crippen molar-refractivity contribution in [3.05, 3.63) is 0 Å². The highest BCUT2D eigenvalue weighted by Gasteiger charge is 2.30. The van der Waals surface area contributed by atoms with Crippen molar-refractivity contribution in [1.29, 1.82) is 0 Å². The van der Waals surface area contributed by atoms with E-state index in [0.717, 1.165) is 102 Å². The van der Waals surface area contributed by atoms with Crippen LogP contribution in [0.1, 0.15) is 459 Å². The topological polar surface area (TPSA) is 237 Å². The van der Waals surface area contributed by atoms with Crippen molar-refractivity contribution in [2.45, 2.75) is 477 Å². The van der Waals surface area contributed by atoms with Crippen LogP contribution in [0.5, 0.6) is 0 Å². The first-order valence-corrected chi connectivity index (χ1v) is 47.5.